The van der Waals surface area contributed by atoms with E-state index in [2.05, 4.69) is 0 Å². The molecular formula is C53H84NO14P. The summed E-state index contributed by atoms with van der Waals surface area (Å²) in [6.45, 7) is 15.9. The van der Waals surface area contributed by atoms with Gasteiger partial charge in [-0.1, -0.05) is 71.1 Å². The molecule has 2 N–H and O–H groups in total. The van der Waals surface area contributed by atoms with Crippen molar-refractivity contribution in [1.82, 2.24) is 4.90 Å². The Labute approximate surface area is 411 Å². The number of aliphatic hydroxyl groups excluding tert-OH is 1. The van der Waals surface area contributed by atoms with Crippen LogP contribution in [-0.2, 0) is 56.7 Å². The minimum absolute atomic E-state index is 0.0117. The number of ether oxygens (including phenoxy) is 5. The Morgan fingerprint density at radius 3 is 2.22 bits per heavy atom. The van der Waals surface area contributed by atoms with Gasteiger partial charge in [0.15, 0.2) is 13.2 Å². The zero-order chi connectivity index (χ0) is 51.4. The van der Waals surface area contributed by atoms with Crippen LogP contribution in [0.15, 0.2) is 47.6 Å². The van der Waals surface area contributed by atoms with Crippen LogP contribution in [0.5, 0.6) is 0 Å². The minimum atomic E-state index is -2.79. The number of cyclic esters (lactones) is 1. The number of rotatable bonds is 8. The van der Waals surface area contributed by atoms with E-state index >= 15 is 0 Å². The Hall–Kier alpha value is -3.14. The lowest BCUT2D eigenvalue weighted by atomic mass is 9.78. The Morgan fingerprint density at radius 1 is 0.855 bits per heavy atom. The third-order valence-corrected chi connectivity index (χ3v) is 15.6. The predicted octanol–water partition coefficient (Wildman–Crippen LogP) is 7.74. The third-order valence-electron chi connectivity index (χ3n) is 14.8. The number of esters is 1. The maximum absolute atomic E-state index is 14.5. The van der Waals surface area contributed by atoms with Crippen LogP contribution in [0.3, 0.4) is 0 Å². The van der Waals surface area contributed by atoms with Gasteiger partial charge in [-0.15, -0.1) is 0 Å². The molecule has 390 valence electrons. The van der Waals surface area contributed by atoms with E-state index in [1.165, 1.54) is 12.0 Å². The third kappa shape index (κ3) is 16.2. The largest absolute Gasteiger partial charge is 0.460 e. The topological polar surface area (TPSA) is 201 Å². The summed E-state index contributed by atoms with van der Waals surface area (Å²) in [5, 5.41) is 23.5. The molecule has 15 atom stereocenters. The molecule has 2 bridgehead atoms. The monoisotopic (exact) mass is 990 g/mol. The highest BCUT2D eigenvalue weighted by molar-refractivity contribution is 7.57. The number of ketones is 3. The van der Waals surface area contributed by atoms with Crippen LogP contribution in [0, 0.1) is 35.5 Å². The average molecular weight is 990 g/mol. The van der Waals surface area contributed by atoms with Crippen LogP contribution < -0.4 is 0 Å². The number of fused-ring (bicyclic) bond motifs is 3. The number of aliphatic hydroxyl groups is 2. The van der Waals surface area contributed by atoms with Crippen molar-refractivity contribution in [1.29, 1.82) is 0 Å². The Morgan fingerprint density at radius 2 is 1.57 bits per heavy atom. The quantitative estimate of drug-likeness (QED) is 0.104. The summed E-state index contributed by atoms with van der Waals surface area (Å²) in [4.78, 5) is 72.2. The number of carbonyl (C=O) groups excluding carboxylic acids is 5. The van der Waals surface area contributed by atoms with Crippen LogP contribution in [-0.4, -0.2) is 140 Å². The van der Waals surface area contributed by atoms with Gasteiger partial charge in [0.25, 0.3) is 11.7 Å². The van der Waals surface area contributed by atoms with Crippen LogP contribution in [0.2, 0.25) is 0 Å². The molecule has 0 aromatic heterocycles. The molecule has 15 nitrogen and oxygen atoms in total. The molecule has 1 saturated carbocycles. The second-order valence-corrected chi connectivity index (χ2v) is 23.6. The van der Waals surface area contributed by atoms with E-state index in [0.29, 0.717) is 63.4 Å². The van der Waals surface area contributed by atoms with Gasteiger partial charge in [0, 0.05) is 71.8 Å². The Bertz CT molecular complexity index is 1940. The van der Waals surface area contributed by atoms with Gasteiger partial charge in [-0.2, -0.15) is 0 Å². The SMILES string of the molecule is CO[C@H]1C[C@@H]2CC[C@@H](C)C(O)(O2)C(=O)C(=O)N2CCCCC2C(=O)O[C@H]([C@H](C)C[C@@H]2CC[C@@H](OP(C)(C)=O)[C@H](OC)C2)CC(=O)[C@H](C)/C=C(\C)[C@@H](O)[C@@H](OC)C(=O)[C@H](C)C[C@H](C)/C=C/C=CC=C1C. The zero-order valence-electron chi connectivity index (χ0n) is 43.4. The van der Waals surface area contributed by atoms with Crippen molar-refractivity contribution in [3.63, 3.8) is 0 Å². The smallest absolute Gasteiger partial charge is 0.329 e. The molecule has 3 heterocycles. The molecule has 4 rings (SSSR count). The first-order chi connectivity index (χ1) is 32.4. The van der Waals surface area contributed by atoms with Gasteiger partial charge in [0.1, 0.15) is 30.1 Å². The van der Waals surface area contributed by atoms with Crippen molar-refractivity contribution < 1.29 is 67.0 Å². The zero-order valence-corrected chi connectivity index (χ0v) is 44.3. The normalized spacial score (nSPS) is 37.8. The van der Waals surface area contributed by atoms with Gasteiger partial charge in [0.05, 0.1) is 24.4 Å². The summed E-state index contributed by atoms with van der Waals surface area (Å²) < 4.78 is 48.2. The van der Waals surface area contributed by atoms with E-state index in [0.717, 1.165) is 12.0 Å². The highest BCUT2D eigenvalue weighted by atomic mass is 31.2. The number of hydrogen-bond donors (Lipinski definition) is 2. The summed E-state index contributed by atoms with van der Waals surface area (Å²) in [6.07, 6.45) is 11.4. The van der Waals surface area contributed by atoms with Gasteiger partial charge in [-0.25, -0.2) is 4.79 Å². The van der Waals surface area contributed by atoms with Gasteiger partial charge in [0.2, 0.25) is 5.79 Å². The Balaban J connectivity index is 1.70. The lowest BCUT2D eigenvalue weighted by Gasteiger charge is -2.42. The van der Waals surface area contributed by atoms with Crippen LogP contribution in [0.1, 0.15) is 126 Å². The number of Topliss-reactive ketones (excluding diaryl/α,β-unsaturated/α-hetero) is 3. The first-order valence-corrected chi connectivity index (χ1v) is 27.7. The number of methoxy groups -OCH3 is 3. The number of carbonyl (C=O) groups is 5. The van der Waals surface area contributed by atoms with E-state index in [4.69, 9.17) is 28.2 Å². The first-order valence-electron chi connectivity index (χ1n) is 25.2. The molecule has 3 fully saturated rings. The highest BCUT2D eigenvalue weighted by Crippen LogP contribution is 2.45. The molecule has 1 amide bonds. The molecule has 2 unspecified atom stereocenters. The number of amides is 1. The van der Waals surface area contributed by atoms with Crippen molar-refractivity contribution in [2.24, 2.45) is 35.5 Å². The summed E-state index contributed by atoms with van der Waals surface area (Å²) in [5.74, 6) is -8.11. The van der Waals surface area contributed by atoms with Crippen molar-refractivity contribution >= 4 is 36.6 Å². The molecule has 69 heavy (non-hydrogen) atoms. The Kier molecular flexibility index (Phi) is 22.5. The minimum Gasteiger partial charge on any atom is -0.460 e. The fraction of sp³-hybridized carbons (Fsp3) is 0.755. The van der Waals surface area contributed by atoms with E-state index in [1.807, 2.05) is 58.1 Å². The molecule has 0 radical (unpaired) electrons. The predicted molar refractivity (Wildman–Crippen MR) is 263 cm³/mol. The molecule has 16 heteroatoms. The molecule has 0 aromatic carbocycles. The number of hydrogen-bond acceptors (Lipinski definition) is 14. The van der Waals surface area contributed by atoms with Crippen molar-refractivity contribution in [3.8, 4) is 0 Å². The maximum Gasteiger partial charge on any atom is 0.329 e. The molecular weight excluding hydrogens is 906 g/mol. The van der Waals surface area contributed by atoms with Gasteiger partial charge in [-0.05, 0) is 107 Å². The van der Waals surface area contributed by atoms with E-state index in [1.54, 1.807) is 54.4 Å². The van der Waals surface area contributed by atoms with E-state index in [9.17, 15) is 38.8 Å². The fourth-order valence-electron chi connectivity index (χ4n) is 10.5. The van der Waals surface area contributed by atoms with Crippen LogP contribution in [0.25, 0.3) is 0 Å². The lowest BCUT2D eigenvalue weighted by Crippen LogP contribution is -2.61. The lowest BCUT2D eigenvalue weighted by molar-refractivity contribution is -0.265. The average Bonchev–Trinajstić information content (AvgIpc) is 3.30. The van der Waals surface area contributed by atoms with Crippen molar-refractivity contribution in [3.05, 3.63) is 47.6 Å². The first kappa shape index (κ1) is 58.4. The summed E-state index contributed by atoms with van der Waals surface area (Å²) in [7, 11) is 1.76. The summed E-state index contributed by atoms with van der Waals surface area (Å²) in [5.41, 5.74) is 1.25. The van der Waals surface area contributed by atoms with Gasteiger partial charge in [-0.3, -0.25) is 23.7 Å². The van der Waals surface area contributed by atoms with Gasteiger partial charge >= 0.3 is 5.97 Å². The van der Waals surface area contributed by atoms with Crippen LogP contribution >= 0.6 is 7.37 Å². The van der Waals surface area contributed by atoms with Crippen molar-refractivity contribution in [2.45, 2.75) is 180 Å². The van der Waals surface area contributed by atoms with Crippen molar-refractivity contribution in [2.75, 3.05) is 41.2 Å². The van der Waals surface area contributed by atoms with E-state index in [-0.39, 0.29) is 60.9 Å². The number of nitrogens with zero attached hydrogens (tertiary/aromatic N) is 1. The number of allylic oxidation sites excluding steroid dienone is 6. The van der Waals surface area contributed by atoms with E-state index < -0.39 is 85.1 Å². The molecule has 0 spiro atoms. The highest BCUT2D eigenvalue weighted by Gasteiger charge is 2.53. The van der Waals surface area contributed by atoms with Crippen LogP contribution in [0.4, 0.5) is 0 Å². The summed E-state index contributed by atoms with van der Waals surface area (Å²) >= 11 is 0. The molecule has 1 aliphatic carbocycles. The standard InChI is InChI=1S/C53H84NO14P/c1-32-18-14-13-15-19-33(2)44(63-8)30-40-23-21-38(7)53(61,67-40)50(58)51(59)54-25-17-16-20-41(54)52(60)66-45(35(4)28-39-22-24-43(46(29-39)64-9)68-69(11,12)62)31-42(55)34(3)27-37(6)48(57)49(65-10)47(56)36(5)26-32/h13-15,18-19,27,32,34-36,38-41,43-46,48-49,57,61H,16-17,20-26,28-31H2,1-12H3/b15-13?,18-14+,33-19?,37-27+/t32-,34-,35-,36-,38-,39+,40+,41?,43-,44+,45+,46-,48-,49+,53?/m1/s1. The molecule has 0 aromatic rings. The maximum atomic E-state index is 14.5. The molecule has 4 aliphatic rings. The molecule has 3 aliphatic heterocycles. The van der Waals surface area contributed by atoms with Gasteiger partial charge < -0.3 is 43.3 Å². The second kappa shape index (κ2) is 26.5. The molecule has 2 saturated heterocycles. The fourth-order valence-corrected chi connectivity index (χ4v) is 11.4. The number of piperidine rings is 1. The second-order valence-electron chi connectivity index (χ2n) is 20.9. The summed E-state index contributed by atoms with van der Waals surface area (Å²) in [6, 6.07) is -1.16.